The largest absolute Gasteiger partial charge is 0.326 e. The molecule has 2 aromatic rings. The van der Waals surface area contributed by atoms with E-state index in [0.29, 0.717) is 6.54 Å². The molecular weight excluding hydrogens is 293 g/mol. The van der Waals surface area contributed by atoms with Gasteiger partial charge in [-0.05, 0) is 76.9 Å². The SMILES string of the molecule is CSc1ccc(/C=C2\C(C)=C(CN)c3cc(F)ccc32)cc1. The number of nitrogens with two attached hydrogens (primary N) is 1. The molecule has 0 saturated heterocycles. The Morgan fingerprint density at radius 1 is 1.09 bits per heavy atom. The molecule has 0 aliphatic heterocycles. The van der Waals surface area contributed by atoms with E-state index in [0.717, 1.165) is 33.4 Å². The van der Waals surface area contributed by atoms with Gasteiger partial charge in [0.1, 0.15) is 5.82 Å². The number of thioether (sulfide) groups is 1. The van der Waals surface area contributed by atoms with Gasteiger partial charge in [0.2, 0.25) is 0 Å². The first kappa shape index (κ1) is 15.1. The van der Waals surface area contributed by atoms with Gasteiger partial charge in [0.25, 0.3) is 0 Å². The van der Waals surface area contributed by atoms with Gasteiger partial charge in [-0.3, -0.25) is 0 Å². The second kappa shape index (κ2) is 6.11. The first-order valence-corrected chi connectivity index (χ1v) is 8.42. The van der Waals surface area contributed by atoms with E-state index >= 15 is 0 Å². The van der Waals surface area contributed by atoms with Gasteiger partial charge in [-0.1, -0.05) is 18.2 Å². The van der Waals surface area contributed by atoms with Crippen LogP contribution in [0, 0.1) is 5.82 Å². The van der Waals surface area contributed by atoms with Gasteiger partial charge in [-0.2, -0.15) is 0 Å². The minimum absolute atomic E-state index is 0.219. The molecule has 0 spiro atoms. The molecule has 3 rings (SSSR count). The van der Waals surface area contributed by atoms with Crippen LogP contribution >= 0.6 is 11.8 Å². The van der Waals surface area contributed by atoms with Crippen molar-refractivity contribution in [3.8, 4) is 0 Å². The monoisotopic (exact) mass is 311 g/mol. The van der Waals surface area contributed by atoms with E-state index in [2.05, 4.69) is 43.5 Å². The smallest absolute Gasteiger partial charge is 0.123 e. The number of benzene rings is 2. The molecule has 0 heterocycles. The summed E-state index contributed by atoms with van der Waals surface area (Å²) in [5.41, 5.74) is 12.3. The highest BCUT2D eigenvalue weighted by Crippen LogP contribution is 2.41. The molecule has 22 heavy (non-hydrogen) atoms. The normalized spacial score (nSPS) is 15.5. The van der Waals surface area contributed by atoms with Crippen LogP contribution in [0.3, 0.4) is 0 Å². The van der Waals surface area contributed by atoms with E-state index < -0.39 is 0 Å². The molecule has 3 heteroatoms. The van der Waals surface area contributed by atoms with Crippen LogP contribution < -0.4 is 5.73 Å². The van der Waals surface area contributed by atoms with Crippen LogP contribution in [0.25, 0.3) is 17.2 Å². The van der Waals surface area contributed by atoms with Crippen LogP contribution in [0.5, 0.6) is 0 Å². The molecule has 0 radical (unpaired) electrons. The van der Waals surface area contributed by atoms with E-state index in [1.165, 1.54) is 11.0 Å². The molecule has 2 aromatic carbocycles. The van der Waals surface area contributed by atoms with Gasteiger partial charge in [-0.15, -0.1) is 11.8 Å². The Hall–Kier alpha value is -1.84. The van der Waals surface area contributed by atoms with Gasteiger partial charge >= 0.3 is 0 Å². The fraction of sp³-hybridized carbons (Fsp3) is 0.158. The summed E-state index contributed by atoms with van der Waals surface area (Å²) in [6.45, 7) is 2.48. The van der Waals surface area contributed by atoms with Gasteiger partial charge in [0, 0.05) is 11.4 Å². The molecule has 0 amide bonds. The van der Waals surface area contributed by atoms with Crippen LogP contribution in [-0.2, 0) is 0 Å². The number of fused-ring (bicyclic) bond motifs is 1. The van der Waals surface area contributed by atoms with E-state index in [4.69, 9.17) is 5.73 Å². The highest BCUT2D eigenvalue weighted by atomic mass is 32.2. The maximum absolute atomic E-state index is 13.6. The van der Waals surface area contributed by atoms with Crippen molar-refractivity contribution in [3.05, 3.63) is 70.5 Å². The molecule has 1 aliphatic rings. The third-order valence-corrected chi connectivity index (χ3v) is 4.83. The highest BCUT2D eigenvalue weighted by molar-refractivity contribution is 7.98. The van der Waals surface area contributed by atoms with Gasteiger partial charge in [0.15, 0.2) is 0 Å². The molecule has 1 aliphatic carbocycles. The van der Waals surface area contributed by atoms with Crippen molar-refractivity contribution in [2.75, 3.05) is 12.8 Å². The molecule has 1 nitrogen and oxygen atoms in total. The summed E-state index contributed by atoms with van der Waals surface area (Å²) >= 11 is 1.73. The second-order valence-corrected chi connectivity index (χ2v) is 6.21. The highest BCUT2D eigenvalue weighted by Gasteiger charge is 2.23. The van der Waals surface area contributed by atoms with Crippen LogP contribution in [0.4, 0.5) is 4.39 Å². The average molecular weight is 311 g/mol. The number of allylic oxidation sites excluding steroid dienone is 2. The number of hydrogen-bond donors (Lipinski definition) is 1. The van der Waals surface area contributed by atoms with Crippen LogP contribution in [0.1, 0.15) is 23.6 Å². The van der Waals surface area contributed by atoms with E-state index in [-0.39, 0.29) is 5.82 Å². The second-order valence-electron chi connectivity index (χ2n) is 5.33. The third kappa shape index (κ3) is 2.62. The minimum Gasteiger partial charge on any atom is -0.326 e. The van der Waals surface area contributed by atoms with Crippen molar-refractivity contribution in [2.45, 2.75) is 11.8 Å². The number of hydrogen-bond acceptors (Lipinski definition) is 2. The number of rotatable bonds is 3. The molecule has 0 bridgehead atoms. The fourth-order valence-corrected chi connectivity index (χ4v) is 3.29. The van der Waals surface area contributed by atoms with Crippen LogP contribution in [0.15, 0.2) is 52.9 Å². The summed E-state index contributed by atoms with van der Waals surface area (Å²) < 4.78 is 13.6. The van der Waals surface area contributed by atoms with E-state index in [1.54, 1.807) is 17.8 Å². The van der Waals surface area contributed by atoms with Crippen molar-refractivity contribution in [1.82, 2.24) is 0 Å². The van der Waals surface area contributed by atoms with Crippen LogP contribution in [0.2, 0.25) is 0 Å². The molecule has 0 unspecified atom stereocenters. The third-order valence-electron chi connectivity index (χ3n) is 4.08. The van der Waals surface area contributed by atoms with Crippen molar-refractivity contribution < 1.29 is 4.39 Å². The molecular formula is C19H18FNS. The number of halogens is 1. The summed E-state index contributed by atoms with van der Waals surface area (Å²) in [5.74, 6) is -0.219. The van der Waals surface area contributed by atoms with Gasteiger partial charge in [0.05, 0.1) is 0 Å². The Morgan fingerprint density at radius 3 is 2.45 bits per heavy atom. The Morgan fingerprint density at radius 2 is 1.82 bits per heavy atom. The van der Waals surface area contributed by atoms with Crippen LogP contribution in [-0.4, -0.2) is 12.8 Å². The van der Waals surface area contributed by atoms with Crippen molar-refractivity contribution in [3.63, 3.8) is 0 Å². The Labute approximate surface area is 134 Å². The zero-order chi connectivity index (χ0) is 15.7. The molecule has 2 N–H and O–H groups in total. The Balaban J connectivity index is 2.10. The van der Waals surface area contributed by atoms with E-state index in [9.17, 15) is 4.39 Å². The van der Waals surface area contributed by atoms with Gasteiger partial charge in [-0.25, -0.2) is 4.39 Å². The van der Waals surface area contributed by atoms with Gasteiger partial charge < -0.3 is 5.73 Å². The maximum atomic E-state index is 13.6. The predicted molar refractivity (Wildman–Crippen MR) is 94.1 cm³/mol. The predicted octanol–water partition coefficient (Wildman–Crippen LogP) is 4.83. The first-order chi connectivity index (χ1) is 10.6. The fourth-order valence-electron chi connectivity index (χ4n) is 2.88. The molecule has 112 valence electrons. The lowest BCUT2D eigenvalue weighted by Crippen LogP contribution is -2.02. The first-order valence-electron chi connectivity index (χ1n) is 7.20. The van der Waals surface area contributed by atoms with E-state index in [1.807, 2.05) is 6.07 Å². The lowest BCUT2D eigenvalue weighted by atomic mass is 10.0. The molecule has 0 saturated carbocycles. The average Bonchev–Trinajstić information content (AvgIpc) is 2.79. The minimum atomic E-state index is -0.219. The van der Waals surface area contributed by atoms with Crippen molar-refractivity contribution in [1.29, 1.82) is 0 Å². The lowest BCUT2D eigenvalue weighted by Gasteiger charge is -2.05. The molecule has 0 fully saturated rings. The zero-order valence-corrected chi connectivity index (χ0v) is 13.5. The van der Waals surface area contributed by atoms with Crippen molar-refractivity contribution >= 4 is 29.0 Å². The summed E-state index contributed by atoms with van der Waals surface area (Å²) in [6.07, 6.45) is 4.22. The lowest BCUT2D eigenvalue weighted by molar-refractivity contribution is 0.627. The maximum Gasteiger partial charge on any atom is 0.123 e. The molecule has 0 atom stereocenters. The summed E-state index contributed by atoms with van der Waals surface area (Å²) in [4.78, 5) is 1.24. The zero-order valence-electron chi connectivity index (χ0n) is 12.7. The molecule has 0 aromatic heterocycles. The summed E-state index contributed by atoms with van der Waals surface area (Å²) in [5, 5.41) is 0. The Bertz CT molecular complexity index is 773. The topological polar surface area (TPSA) is 26.0 Å². The van der Waals surface area contributed by atoms with Crippen molar-refractivity contribution in [2.24, 2.45) is 5.73 Å². The quantitative estimate of drug-likeness (QED) is 0.821. The Kier molecular flexibility index (Phi) is 4.19. The standard InChI is InChI=1S/C19H18FNS/c1-12-17(9-13-3-6-15(22-2)7-4-13)16-8-5-14(20)10-18(16)19(12)11-21/h3-10H,11,21H2,1-2H3/b17-9+. The summed E-state index contributed by atoms with van der Waals surface area (Å²) in [6, 6.07) is 13.4. The summed E-state index contributed by atoms with van der Waals surface area (Å²) in [7, 11) is 0.